The minimum absolute atomic E-state index is 0.144. The SMILES string of the molecule is C=CCn1c(SCC(=O)Nc2sc3c(c2C(=O)NCc2ccccc2)CCCC3)nnc1-c1ccccc1. The van der Waals surface area contributed by atoms with Gasteiger partial charge in [0, 0.05) is 23.5 Å². The van der Waals surface area contributed by atoms with Gasteiger partial charge in [-0.15, -0.1) is 28.1 Å². The van der Waals surface area contributed by atoms with Gasteiger partial charge in [-0.3, -0.25) is 14.2 Å². The molecular weight excluding hydrogens is 514 g/mol. The Morgan fingerprint density at radius 2 is 1.76 bits per heavy atom. The van der Waals surface area contributed by atoms with Crippen LogP contribution in [-0.2, 0) is 30.7 Å². The van der Waals surface area contributed by atoms with Gasteiger partial charge in [-0.05, 0) is 36.8 Å². The lowest BCUT2D eigenvalue weighted by molar-refractivity contribution is -0.113. The van der Waals surface area contributed by atoms with E-state index in [0.29, 0.717) is 28.8 Å². The highest BCUT2D eigenvalue weighted by atomic mass is 32.2. The lowest BCUT2D eigenvalue weighted by Gasteiger charge is -2.13. The summed E-state index contributed by atoms with van der Waals surface area (Å²) >= 11 is 2.85. The lowest BCUT2D eigenvalue weighted by Crippen LogP contribution is -2.25. The molecule has 2 aromatic carbocycles. The van der Waals surface area contributed by atoms with E-state index < -0.39 is 0 Å². The van der Waals surface area contributed by atoms with Crippen LogP contribution in [0.2, 0.25) is 0 Å². The van der Waals surface area contributed by atoms with Gasteiger partial charge in [-0.2, -0.15) is 0 Å². The highest BCUT2D eigenvalue weighted by Gasteiger charge is 2.26. The summed E-state index contributed by atoms with van der Waals surface area (Å²) in [6.07, 6.45) is 5.74. The van der Waals surface area contributed by atoms with E-state index in [0.717, 1.165) is 48.2 Å². The summed E-state index contributed by atoms with van der Waals surface area (Å²) in [5.41, 5.74) is 3.67. The maximum absolute atomic E-state index is 13.3. The Labute approximate surface area is 230 Å². The summed E-state index contributed by atoms with van der Waals surface area (Å²) in [5, 5.41) is 16.0. The van der Waals surface area contributed by atoms with Crippen molar-refractivity contribution < 1.29 is 9.59 Å². The van der Waals surface area contributed by atoms with Crippen LogP contribution in [0.5, 0.6) is 0 Å². The maximum Gasteiger partial charge on any atom is 0.254 e. The molecule has 194 valence electrons. The standard InChI is InChI=1S/C29H29N5O2S2/c1-2-17-34-26(21-13-7-4-8-14-21)32-33-29(34)37-19-24(35)31-28-25(22-15-9-10-16-23(22)38-28)27(36)30-18-20-11-5-3-6-12-20/h2-8,11-14H,1,9-10,15-19H2,(H,30,36)(H,31,35). The Kier molecular flexibility index (Phi) is 8.35. The van der Waals surface area contributed by atoms with Crippen molar-refractivity contribution in [3.05, 3.63) is 94.9 Å². The van der Waals surface area contributed by atoms with Crippen LogP contribution in [0.25, 0.3) is 11.4 Å². The molecule has 2 heterocycles. The molecule has 0 saturated carbocycles. The maximum atomic E-state index is 13.3. The molecule has 0 atom stereocenters. The van der Waals surface area contributed by atoms with Crippen LogP contribution >= 0.6 is 23.1 Å². The third-order valence-electron chi connectivity index (χ3n) is 6.34. The van der Waals surface area contributed by atoms with Crippen molar-refractivity contribution in [2.45, 2.75) is 43.9 Å². The van der Waals surface area contributed by atoms with Crippen LogP contribution in [0, 0.1) is 0 Å². The van der Waals surface area contributed by atoms with Gasteiger partial charge in [0.2, 0.25) is 5.91 Å². The second kappa shape index (κ2) is 12.2. The topological polar surface area (TPSA) is 88.9 Å². The lowest BCUT2D eigenvalue weighted by atomic mass is 9.95. The normalized spacial score (nSPS) is 12.5. The summed E-state index contributed by atoms with van der Waals surface area (Å²) in [7, 11) is 0. The van der Waals surface area contributed by atoms with Crippen LogP contribution in [-0.4, -0.2) is 32.3 Å². The van der Waals surface area contributed by atoms with Gasteiger partial charge in [0.25, 0.3) is 5.91 Å². The van der Waals surface area contributed by atoms with Crippen LogP contribution in [0.1, 0.15) is 39.2 Å². The van der Waals surface area contributed by atoms with Gasteiger partial charge in [0.05, 0.1) is 11.3 Å². The van der Waals surface area contributed by atoms with E-state index in [2.05, 4.69) is 27.4 Å². The van der Waals surface area contributed by atoms with Gasteiger partial charge in [0.15, 0.2) is 11.0 Å². The van der Waals surface area contributed by atoms with Gasteiger partial charge in [-0.1, -0.05) is 78.5 Å². The number of aromatic nitrogens is 3. The van der Waals surface area contributed by atoms with E-state index in [-0.39, 0.29) is 17.6 Å². The first-order valence-electron chi connectivity index (χ1n) is 12.6. The third kappa shape index (κ3) is 5.89. The minimum atomic E-state index is -0.180. The number of carbonyl (C=O) groups excluding carboxylic acids is 2. The Morgan fingerprint density at radius 3 is 2.53 bits per heavy atom. The summed E-state index contributed by atoms with van der Waals surface area (Å²) < 4.78 is 1.95. The van der Waals surface area contributed by atoms with E-state index in [1.165, 1.54) is 28.0 Å². The average molecular weight is 544 g/mol. The minimum Gasteiger partial charge on any atom is -0.348 e. The molecule has 38 heavy (non-hydrogen) atoms. The van der Waals surface area contributed by atoms with E-state index in [4.69, 9.17) is 0 Å². The Hall–Kier alpha value is -3.69. The zero-order valence-corrected chi connectivity index (χ0v) is 22.6. The third-order valence-corrected chi connectivity index (χ3v) is 8.51. The number of nitrogens with one attached hydrogen (secondary N) is 2. The van der Waals surface area contributed by atoms with Crippen molar-refractivity contribution in [2.24, 2.45) is 0 Å². The number of hydrogen-bond donors (Lipinski definition) is 2. The van der Waals surface area contributed by atoms with Crippen LogP contribution in [0.3, 0.4) is 0 Å². The number of carbonyl (C=O) groups is 2. The molecule has 2 aromatic heterocycles. The van der Waals surface area contributed by atoms with Crippen LogP contribution in [0.4, 0.5) is 5.00 Å². The quantitative estimate of drug-likeness (QED) is 0.197. The number of hydrogen-bond acceptors (Lipinski definition) is 6. The van der Waals surface area contributed by atoms with Gasteiger partial charge in [0.1, 0.15) is 5.00 Å². The molecule has 5 rings (SSSR count). The fourth-order valence-corrected chi connectivity index (χ4v) is 6.59. The number of amides is 2. The van der Waals surface area contributed by atoms with Crippen molar-refractivity contribution >= 4 is 39.9 Å². The first-order chi connectivity index (χ1) is 18.6. The van der Waals surface area contributed by atoms with Gasteiger partial charge < -0.3 is 10.6 Å². The Morgan fingerprint density at radius 1 is 1.03 bits per heavy atom. The molecule has 4 aromatic rings. The summed E-state index contributed by atoms with van der Waals surface area (Å²) in [6.45, 7) is 4.83. The van der Waals surface area contributed by atoms with E-state index in [1.54, 1.807) is 6.08 Å². The highest BCUT2D eigenvalue weighted by Crippen LogP contribution is 2.38. The second-order valence-corrected chi connectivity index (χ2v) is 11.0. The molecule has 2 N–H and O–H groups in total. The van der Waals surface area contributed by atoms with E-state index in [9.17, 15) is 9.59 Å². The van der Waals surface area contributed by atoms with Crippen molar-refractivity contribution in [1.29, 1.82) is 0 Å². The first kappa shape index (κ1) is 25.9. The highest BCUT2D eigenvalue weighted by molar-refractivity contribution is 7.99. The predicted octanol–water partition coefficient (Wildman–Crippen LogP) is 5.73. The number of rotatable bonds is 10. The molecule has 0 fully saturated rings. The molecule has 7 nitrogen and oxygen atoms in total. The number of aryl methyl sites for hydroxylation is 1. The van der Waals surface area contributed by atoms with Crippen LogP contribution < -0.4 is 10.6 Å². The Balaban J connectivity index is 1.30. The monoisotopic (exact) mass is 543 g/mol. The summed E-state index contributed by atoms with van der Waals surface area (Å²) in [4.78, 5) is 27.6. The van der Waals surface area contributed by atoms with Crippen molar-refractivity contribution in [2.75, 3.05) is 11.1 Å². The predicted molar refractivity (Wildman–Crippen MR) is 154 cm³/mol. The fraction of sp³-hybridized carbons (Fsp3) is 0.241. The van der Waals surface area contributed by atoms with Crippen molar-refractivity contribution in [3.63, 3.8) is 0 Å². The molecular formula is C29H29N5O2S2. The molecule has 2 amide bonds. The molecule has 0 unspecified atom stereocenters. The summed E-state index contributed by atoms with van der Waals surface area (Å²) in [5.74, 6) is 0.559. The molecule has 1 aliphatic carbocycles. The number of thiophene rings is 1. The van der Waals surface area contributed by atoms with Gasteiger partial charge in [-0.25, -0.2) is 0 Å². The zero-order valence-electron chi connectivity index (χ0n) is 21.0. The Bertz CT molecular complexity index is 1430. The zero-order chi connectivity index (χ0) is 26.3. The van der Waals surface area contributed by atoms with Crippen molar-refractivity contribution in [1.82, 2.24) is 20.1 Å². The number of fused-ring (bicyclic) bond motifs is 1. The number of allylic oxidation sites excluding steroid dienone is 1. The first-order valence-corrected chi connectivity index (χ1v) is 14.4. The van der Waals surface area contributed by atoms with Crippen LogP contribution in [0.15, 0.2) is 78.5 Å². The number of anilines is 1. The van der Waals surface area contributed by atoms with Crippen molar-refractivity contribution in [3.8, 4) is 11.4 Å². The largest absolute Gasteiger partial charge is 0.348 e. The molecule has 9 heteroatoms. The second-order valence-electron chi connectivity index (χ2n) is 8.99. The fourth-order valence-electron chi connectivity index (χ4n) is 4.54. The number of benzene rings is 2. The van der Waals surface area contributed by atoms with E-state index in [1.807, 2.05) is 65.2 Å². The summed E-state index contributed by atoms with van der Waals surface area (Å²) in [6, 6.07) is 19.7. The number of thioether (sulfide) groups is 1. The molecule has 0 radical (unpaired) electrons. The van der Waals surface area contributed by atoms with E-state index >= 15 is 0 Å². The number of nitrogens with zero attached hydrogens (tertiary/aromatic N) is 3. The van der Waals surface area contributed by atoms with Gasteiger partial charge >= 0.3 is 0 Å². The molecule has 0 bridgehead atoms. The average Bonchev–Trinajstić information content (AvgIpc) is 3.52. The molecule has 0 aliphatic heterocycles. The molecule has 0 saturated heterocycles. The molecule has 0 spiro atoms. The smallest absolute Gasteiger partial charge is 0.254 e. The molecule has 1 aliphatic rings.